The van der Waals surface area contributed by atoms with Crippen LogP contribution in [-0.2, 0) is 9.53 Å². The van der Waals surface area contributed by atoms with Crippen LogP contribution in [0.4, 0.5) is 4.79 Å². The molecule has 1 aliphatic rings. The van der Waals surface area contributed by atoms with Crippen LogP contribution in [0.1, 0.15) is 26.7 Å². The van der Waals surface area contributed by atoms with Gasteiger partial charge in [0.15, 0.2) is 0 Å². The van der Waals surface area contributed by atoms with E-state index in [1.54, 1.807) is 0 Å². The maximum absolute atomic E-state index is 12.0. The number of piperazine rings is 1. The van der Waals surface area contributed by atoms with Gasteiger partial charge in [-0.2, -0.15) is 0 Å². The second-order valence-corrected chi connectivity index (χ2v) is 5.60. The summed E-state index contributed by atoms with van der Waals surface area (Å²) in [6.45, 7) is 9.56. The van der Waals surface area contributed by atoms with Gasteiger partial charge in [0.2, 0.25) is 5.91 Å². The number of hydrogen-bond donors (Lipinski definition) is 1. The van der Waals surface area contributed by atoms with E-state index in [-0.39, 0.29) is 5.91 Å². The molecular formula is C14H27N3O3. The van der Waals surface area contributed by atoms with Gasteiger partial charge in [-0.1, -0.05) is 13.8 Å². The van der Waals surface area contributed by atoms with Crippen molar-refractivity contribution in [2.75, 3.05) is 46.4 Å². The van der Waals surface area contributed by atoms with E-state index in [1.165, 1.54) is 7.11 Å². The summed E-state index contributed by atoms with van der Waals surface area (Å²) in [6, 6.07) is 0. The highest BCUT2D eigenvalue weighted by molar-refractivity contribution is 5.76. The lowest BCUT2D eigenvalue weighted by atomic mass is 10.2. The molecule has 1 aliphatic heterocycles. The molecule has 0 aromatic carbocycles. The summed E-state index contributed by atoms with van der Waals surface area (Å²) in [7, 11) is 1.33. The van der Waals surface area contributed by atoms with Crippen molar-refractivity contribution in [1.82, 2.24) is 15.1 Å². The van der Waals surface area contributed by atoms with Crippen molar-refractivity contribution < 1.29 is 14.3 Å². The van der Waals surface area contributed by atoms with Crippen LogP contribution in [0.2, 0.25) is 0 Å². The van der Waals surface area contributed by atoms with E-state index >= 15 is 0 Å². The fourth-order valence-corrected chi connectivity index (χ4v) is 2.36. The normalized spacial score (nSPS) is 16.3. The largest absolute Gasteiger partial charge is 0.453 e. The predicted molar refractivity (Wildman–Crippen MR) is 77.5 cm³/mol. The number of methoxy groups -OCH3 is 1. The number of ether oxygens (including phenoxy) is 1. The van der Waals surface area contributed by atoms with E-state index in [4.69, 9.17) is 0 Å². The molecule has 0 radical (unpaired) electrons. The Hall–Kier alpha value is -1.30. The zero-order valence-corrected chi connectivity index (χ0v) is 12.9. The quantitative estimate of drug-likeness (QED) is 0.737. The van der Waals surface area contributed by atoms with Crippen LogP contribution in [-0.4, -0.2) is 68.2 Å². The van der Waals surface area contributed by atoms with Crippen molar-refractivity contribution >= 4 is 12.0 Å². The van der Waals surface area contributed by atoms with Gasteiger partial charge >= 0.3 is 6.09 Å². The highest BCUT2D eigenvalue weighted by atomic mass is 16.5. The summed E-state index contributed by atoms with van der Waals surface area (Å²) in [5.74, 6) is 0.850. The van der Waals surface area contributed by atoms with Gasteiger partial charge in [0.1, 0.15) is 0 Å². The topological polar surface area (TPSA) is 61.9 Å². The molecule has 0 aliphatic carbocycles. The molecule has 6 heteroatoms. The fourth-order valence-electron chi connectivity index (χ4n) is 2.36. The van der Waals surface area contributed by atoms with E-state index in [1.807, 2.05) is 4.90 Å². The number of nitrogens with zero attached hydrogens (tertiary/aromatic N) is 2. The monoisotopic (exact) mass is 285 g/mol. The molecule has 0 aromatic heterocycles. The summed E-state index contributed by atoms with van der Waals surface area (Å²) in [5, 5.41) is 2.58. The second kappa shape index (κ2) is 8.79. The Balaban J connectivity index is 2.14. The molecule has 20 heavy (non-hydrogen) atoms. The molecule has 1 N–H and O–H groups in total. The molecule has 0 saturated carbocycles. The smallest absolute Gasteiger partial charge is 0.406 e. The first-order chi connectivity index (χ1) is 9.52. The van der Waals surface area contributed by atoms with Crippen LogP contribution in [0.15, 0.2) is 0 Å². The van der Waals surface area contributed by atoms with Gasteiger partial charge in [-0.15, -0.1) is 0 Å². The molecular weight excluding hydrogens is 258 g/mol. The highest BCUT2D eigenvalue weighted by Gasteiger charge is 2.20. The number of amides is 2. The maximum Gasteiger partial charge on any atom is 0.406 e. The highest BCUT2D eigenvalue weighted by Crippen LogP contribution is 2.07. The van der Waals surface area contributed by atoms with Gasteiger partial charge in [0.25, 0.3) is 0 Å². The van der Waals surface area contributed by atoms with E-state index in [2.05, 4.69) is 28.8 Å². The van der Waals surface area contributed by atoms with E-state index in [0.29, 0.717) is 25.3 Å². The number of carbonyl (C=O) groups excluding carboxylic acids is 2. The van der Waals surface area contributed by atoms with Crippen LogP contribution in [0, 0.1) is 5.92 Å². The minimum absolute atomic E-state index is 0.181. The summed E-state index contributed by atoms with van der Waals surface area (Å²) in [5.41, 5.74) is 0. The molecule has 6 nitrogen and oxygen atoms in total. The van der Waals surface area contributed by atoms with Crippen molar-refractivity contribution in [1.29, 1.82) is 0 Å². The summed E-state index contributed by atoms with van der Waals surface area (Å²) >= 11 is 0. The predicted octanol–water partition coefficient (Wildman–Crippen LogP) is 0.923. The molecule has 0 unspecified atom stereocenters. The van der Waals surface area contributed by atoms with E-state index < -0.39 is 6.09 Å². The lowest BCUT2D eigenvalue weighted by Crippen LogP contribution is -2.49. The Morgan fingerprint density at radius 1 is 1.20 bits per heavy atom. The maximum atomic E-state index is 12.0. The summed E-state index contributed by atoms with van der Waals surface area (Å²) in [4.78, 5) is 27.2. The van der Waals surface area contributed by atoms with Crippen LogP contribution < -0.4 is 5.32 Å². The van der Waals surface area contributed by atoms with Crippen LogP contribution in [0.3, 0.4) is 0 Å². The van der Waals surface area contributed by atoms with Crippen molar-refractivity contribution in [3.8, 4) is 0 Å². The molecule has 0 spiro atoms. The summed E-state index contributed by atoms with van der Waals surface area (Å²) in [6.07, 6.45) is 0.689. The number of alkyl carbamates (subject to hydrolysis) is 1. The van der Waals surface area contributed by atoms with Crippen molar-refractivity contribution in [2.24, 2.45) is 5.92 Å². The Labute approximate surface area is 121 Å². The molecule has 1 saturated heterocycles. The summed E-state index contributed by atoms with van der Waals surface area (Å²) < 4.78 is 4.47. The number of carbonyl (C=O) groups is 2. The standard InChI is InChI=1S/C14H27N3O3/c1-12(2)11-16-7-9-17(10-8-16)13(18)5-4-6-15-14(19)20-3/h12H,4-11H2,1-3H3,(H,15,19). The van der Waals surface area contributed by atoms with Crippen LogP contribution in [0.5, 0.6) is 0 Å². The van der Waals surface area contributed by atoms with Crippen LogP contribution >= 0.6 is 0 Å². The fraction of sp³-hybridized carbons (Fsp3) is 0.857. The van der Waals surface area contributed by atoms with E-state index in [0.717, 1.165) is 32.7 Å². The third-order valence-electron chi connectivity index (χ3n) is 3.37. The van der Waals surface area contributed by atoms with Gasteiger partial charge in [0.05, 0.1) is 7.11 Å². The van der Waals surface area contributed by atoms with Gasteiger partial charge < -0.3 is 15.0 Å². The first kappa shape index (κ1) is 16.8. The third kappa shape index (κ3) is 6.23. The number of hydrogen-bond acceptors (Lipinski definition) is 4. The lowest BCUT2D eigenvalue weighted by Gasteiger charge is -2.35. The van der Waals surface area contributed by atoms with E-state index in [9.17, 15) is 9.59 Å². The number of rotatable bonds is 6. The molecule has 1 rings (SSSR count). The number of nitrogens with one attached hydrogen (secondary N) is 1. The van der Waals surface area contributed by atoms with Crippen molar-refractivity contribution in [3.63, 3.8) is 0 Å². The molecule has 116 valence electrons. The van der Waals surface area contributed by atoms with Crippen molar-refractivity contribution in [2.45, 2.75) is 26.7 Å². The minimum Gasteiger partial charge on any atom is -0.453 e. The van der Waals surface area contributed by atoms with Crippen LogP contribution in [0.25, 0.3) is 0 Å². The van der Waals surface area contributed by atoms with Gasteiger partial charge in [-0.05, 0) is 12.3 Å². The Morgan fingerprint density at radius 3 is 2.40 bits per heavy atom. The first-order valence-corrected chi connectivity index (χ1v) is 7.35. The molecule has 0 atom stereocenters. The Bertz CT molecular complexity index is 313. The Morgan fingerprint density at radius 2 is 1.85 bits per heavy atom. The van der Waals surface area contributed by atoms with Crippen molar-refractivity contribution in [3.05, 3.63) is 0 Å². The van der Waals surface area contributed by atoms with Gasteiger partial charge in [-0.3, -0.25) is 9.69 Å². The molecule has 0 aromatic rings. The Kier molecular flexibility index (Phi) is 7.36. The minimum atomic E-state index is -0.445. The first-order valence-electron chi connectivity index (χ1n) is 7.35. The zero-order chi connectivity index (χ0) is 15.0. The third-order valence-corrected chi connectivity index (χ3v) is 3.37. The lowest BCUT2D eigenvalue weighted by molar-refractivity contribution is -0.133. The van der Waals surface area contributed by atoms with Gasteiger partial charge in [0, 0.05) is 45.7 Å². The zero-order valence-electron chi connectivity index (χ0n) is 12.9. The average molecular weight is 285 g/mol. The second-order valence-electron chi connectivity index (χ2n) is 5.60. The molecule has 1 fully saturated rings. The van der Waals surface area contributed by atoms with Gasteiger partial charge in [-0.25, -0.2) is 4.79 Å². The SMILES string of the molecule is COC(=O)NCCCC(=O)N1CCN(CC(C)C)CC1. The average Bonchev–Trinajstić information content (AvgIpc) is 2.43. The molecule has 1 heterocycles. The molecule has 0 bridgehead atoms. The molecule has 2 amide bonds.